The Bertz CT molecular complexity index is 277. The van der Waals surface area contributed by atoms with Crippen molar-refractivity contribution >= 4 is 11.3 Å². The SMILES string of the molecule is Cc1cc(COC2CCCCO2)cs1. The van der Waals surface area contributed by atoms with E-state index in [0.29, 0.717) is 6.61 Å². The first-order chi connectivity index (χ1) is 6.84. The van der Waals surface area contributed by atoms with Crippen LogP contribution in [0.2, 0.25) is 0 Å². The summed E-state index contributed by atoms with van der Waals surface area (Å²) in [6, 6.07) is 2.17. The molecule has 1 aliphatic heterocycles. The van der Waals surface area contributed by atoms with Crippen molar-refractivity contribution in [1.82, 2.24) is 0 Å². The zero-order valence-electron chi connectivity index (χ0n) is 8.49. The molecule has 0 spiro atoms. The second-order valence-corrected chi connectivity index (χ2v) is 4.79. The van der Waals surface area contributed by atoms with Crippen LogP contribution < -0.4 is 0 Å². The molecule has 0 amide bonds. The normalized spacial score (nSPS) is 22.5. The van der Waals surface area contributed by atoms with Gasteiger partial charge in [-0.1, -0.05) is 0 Å². The minimum Gasteiger partial charge on any atom is -0.353 e. The predicted octanol–water partition coefficient (Wildman–Crippen LogP) is 3.10. The molecule has 1 aromatic rings. The Labute approximate surface area is 88.8 Å². The van der Waals surface area contributed by atoms with E-state index in [-0.39, 0.29) is 6.29 Å². The molecule has 1 fully saturated rings. The van der Waals surface area contributed by atoms with Crippen LogP contribution in [0, 0.1) is 6.92 Å². The van der Waals surface area contributed by atoms with E-state index in [1.165, 1.54) is 23.3 Å². The number of aryl methyl sites for hydroxylation is 1. The van der Waals surface area contributed by atoms with E-state index >= 15 is 0 Å². The first-order valence-corrected chi connectivity index (χ1v) is 6.00. The molecule has 2 heterocycles. The van der Waals surface area contributed by atoms with Crippen LogP contribution in [0.1, 0.15) is 29.7 Å². The van der Waals surface area contributed by atoms with Gasteiger partial charge >= 0.3 is 0 Å². The number of hydrogen-bond acceptors (Lipinski definition) is 3. The highest BCUT2D eigenvalue weighted by molar-refractivity contribution is 7.10. The zero-order chi connectivity index (χ0) is 9.80. The van der Waals surface area contributed by atoms with Crippen molar-refractivity contribution in [2.24, 2.45) is 0 Å². The Hall–Kier alpha value is -0.380. The lowest BCUT2D eigenvalue weighted by Gasteiger charge is -2.22. The number of rotatable bonds is 3. The second-order valence-electron chi connectivity index (χ2n) is 3.67. The Kier molecular flexibility index (Phi) is 3.56. The number of ether oxygens (including phenoxy) is 2. The molecule has 0 bridgehead atoms. The molecule has 0 aromatic carbocycles. The largest absolute Gasteiger partial charge is 0.353 e. The lowest BCUT2D eigenvalue weighted by atomic mass is 10.2. The predicted molar refractivity (Wildman–Crippen MR) is 57.4 cm³/mol. The average Bonchev–Trinajstić information content (AvgIpc) is 2.63. The van der Waals surface area contributed by atoms with Gasteiger partial charge in [0.05, 0.1) is 6.61 Å². The van der Waals surface area contributed by atoms with Crippen molar-refractivity contribution in [1.29, 1.82) is 0 Å². The van der Waals surface area contributed by atoms with Gasteiger partial charge in [-0.15, -0.1) is 11.3 Å². The van der Waals surface area contributed by atoms with Gasteiger partial charge in [0.15, 0.2) is 6.29 Å². The highest BCUT2D eigenvalue weighted by Crippen LogP contribution is 2.18. The van der Waals surface area contributed by atoms with Gasteiger partial charge in [0, 0.05) is 11.5 Å². The zero-order valence-corrected chi connectivity index (χ0v) is 9.31. The molecule has 1 atom stereocenters. The molecule has 0 N–H and O–H groups in total. The summed E-state index contributed by atoms with van der Waals surface area (Å²) in [6.45, 7) is 3.66. The summed E-state index contributed by atoms with van der Waals surface area (Å²) in [5.41, 5.74) is 1.27. The van der Waals surface area contributed by atoms with E-state index in [4.69, 9.17) is 9.47 Å². The molecule has 0 saturated carbocycles. The smallest absolute Gasteiger partial charge is 0.158 e. The third-order valence-electron chi connectivity index (χ3n) is 2.36. The van der Waals surface area contributed by atoms with Gasteiger partial charge in [-0.2, -0.15) is 0 Å². The average molecular weight is 212 g/mol. The summed E-state index contributed by atoms with van der Waals surface area (Å²) in [5.74, 6) is 0. The van der Waals surface area contributed by atoms with Crippen LogP contribution in [0.25, 0.3) is 0 Å². The first kappa shape index (κ1) is 10.1. The van der Waals surface area contributed by atoms with Crippen molar-refractivity contribution in [3.63, 3.8) is 0 Å². The van der Waals surface area contributed by atoms with E-state index in [2.05, 4.69) is 18.4 Å². The van der Waals surface area contributed by atoms with Crippen molar-refractivity contribution in [2.45, 2.75) is 39.1 Å². The van der Waals surface area contributed by atoms with Crippen LogP contribution in [-0.4, -0.2) is 12.9 Å². The molecular formula is C11H16O2S. The molecule has 78 valence electrons. The fourth-order valence-electron chi connectivity index (χ4n) is 1.61. The van der Waals surface area contributed by atoms with Crippen LogP contribution >= 0.6 is 11.3 Å². The minimum absolute atomic E-state index is 0.0314. The van der Waals surface area contributed by atoms with Crippen LogP contribution in [0.3, 0.4) is 0 Å². The lowest BCUT2D eigenvalue weighted by molar-refractivity contribution is -0.168. The quantitative estimate of drug-likeness (QED) is 0.766. The van der Waals surface area contributed by atoms with Gasteiger partial charge in [-0.3, -0.25) is 0 Å². The van der Waals surface area contributed by atoms with Gasteiger partial charge in [0.2, 0.25) is 0 Å². The fourth-order valence-corrected chi connectivity index (χ4v) is 2.30. The van der Waals surface area contributed by atoms with E-state index in [1.54, 1.807) is 11.3 Å². The van der Waals surface area contributed by atoms with Crippen LogP contribution in [-0.2, 0) is 16.1 Å². The summed E-state index contributed by atoms with van der Waals surface area (Å²) in [5, 5.41) is 2.15. The highest BCUT2D eigenvalue weighted by atomic mass is 32.1. The molecule has 2 rings (SSSR count). The molecule has 0 aliphatic carbocycles. The maximum Gasteiger partial charge on any atom is 0.158 e. The van der Waals surface area contributed by atoms with Gasteiger partial charge in [-0.25, -0.2) is 0 Å². The van der Waals surface area contributed by atoms with Crippen LogP contribution in [0.4, 0.5) is 0 Å². The van der Waals surface area contributed by atoms with Crippen molar-refractivity contribution in [3.8, 4) is 0 Å². The molecule has 1 saturated heterocycles. The summed E-state index contributed by atoms with van der Waals surface area (Å²) >= 11 is 1.77. The van der Waals surface area contributed by atoms with Crippen LogP contribution in [0.15, 0.2) is 11.4 Å². The van der Waals surface area contributed by atoms with Gasteiger partial charge < -0.3 is 9.47 Å². The fraction of sp³-hybridized carbons (Fsp3) is 0.636. The highest BCUT2D eigenvalue weighted by Gasteiger charge is 2.13. The van der Waals surface area contributed by atoms with E-state index < -0.39 is 0 Å². The Morgan fingerprint density at radius 1 is 1.57 bits per heavy atom. The first-order valence-electron chi connectivity index (χ1n) is 5.12. The molecule has 2 nitrogen and oxygen atoms in total. The van der Waals surface area contributed by atoms with Gasteiger partial charge in [0.25, 0.3) is 0 Å². The molecule has 0 radical (unpaired) electrons. The maximum absolute atomic E-state index is 5.67. The second kappa shape index (κ2) is 4.91. The standard InChI is InChI=1S/C11H16O2S/c1-9-6-10(8-14-9)7-13-11-4-2-3-5-12-11/h6,8,11H,2-5,7H2,1H3. The minimum atomic E-state index is 0.0314. The topological polar surface area (TPSA) is 18.5 Å². The van der Waals surface area contributed by atoms with Crippen molar-refractivity contribution < 1.29 is 9.47 Å². The monoisotopic (exact) mass is 212 g/mol. The molecule has 3 heteroatoms. The van der Waals surface area contributed by atoms with Crippen molar-refractivity contribution in [2.75, 3.05) is 6.61 Å². The Morgan fingerprint density at radius 3 is 3.14 bits per heavy atom. The number of hydrogen-bond donors (Lipinski definition) is 0. The lowest BCUT2D eigenvalue weighted by Crippen LogP contribution is -2.21. The van der Waals surface area contributed by atoms with Crippen LogP contribution in [0.5, 0.6) is 0 Å². The molecule has 1 unspecified atom stereocenters. The van der Waals surface area contributed by atoms with Gasteiger partial charge in [-0.05, 0) is 43.2 Å². The molecule has 1 aliphatic rings. The van der Waals surface area contributed by atoms with E-state index in [0.717, 1.165) is 13.0 Å². The maximum atomic E-state index is 5.67. The Balaban J connectivity index is 1.76. The molecule has 1 aromatic heterocycles. The van der Waals surface area contributed by atoms with E-state index in [9.17, 15) is 0 Å². The number of thiophene rings is 1. The summed E-state index contributed by atoms with van der Waals surface area (Å²) in [7, 11) is 0. The Morgan fingerprint density at radius 2 is 2.50 bits per heavy atom. The summed E-state index contributed by atoms with van der Waals surface area (Å²) < 4.78 is 11.2. The summed E-state index contributed by atoms with van der Waals surface area (Å²) in [6.07, 6.45) is 3.48. The van der Waals surface area contributed by atoms with Gasteiger partial charge in [0.1, 0.15) is 0 Å². The third-order valence-corrected chi connectivity index (χ3v) is 3.27. The molecular weight excluding hydrogens is 196 g/mol. The summed E-state index contributed by atoms with van der Waals surface area (Å²) in [4.78, 5) is 1.34. The third kappa shape index (κ3) is 2.80. The molecule has 14 heavy (non-hydrogen) atoms. The van der Waals surface area contributed by atoms with E-state index in [1.807, 2.05) is 0 Å². The van der Waals surface area contributed by atoms with Crippen molar-refractivity contribution in [3.05, 3.63) is 21.9 Å².